The maximum atomic E-state index is 12.2. The van der Waals surface area contributed by atoms with Crippen LogP contribution in [0, 0.1) is 0 Å². The number of carbonyl (C=O) groups excluding carboxylic acids is 1. The van der Waals surface area contributed by atoms with Crippen molar-refractivity contribution in [1.82, 2.24) is 5.43 Å². The monoisotopic (exact) mass is 600 g/mol. The van der Waals surface area contributed by atoms with Crippen LogP contribution in [0.5, 0.6) is 11.5 Å². The predicted octanol–water partition coefficient (Wildman–Crippen LogP) is 7.40. The smallest absolute Gasteiger partial charge is 0.240 e. The van der Waals surface area contributed by atoms with Crippen molar-refractivity contribution in [3.05, 3.63) is 92.4 Å². The molecule has 0 bridgehead atoms. The molecule has 0 unspecified atom stereocenters. The summed E-state index contributed by atoms with van der Waals surface area (Å²) < 4.78 is 13.6. The van der Waals surface area contributed by atoms with Gasteiger partial charge in [0.2, 0.25) is 5.91 Å². The van der Waals surface area contributed by atoms with Crippen LogP contribution in [0.3, 0.4) is 0 Å². The molecule has 7 heteroatoms. The van der Waals surface area contributed by atoms with Gasteiger partial charge in [-0.3, -0.25) is 4.79 Å². The molecule has 0 saturated heterocycles. The van der Waals surface area contributed by atoms with Crippen LogP contribution < -0.4 is 14.9 Å². The molecule has 0 fully saturated rings. The van der Waals surface area contributed by atoms with Gasteiger partial charge in [0.1, 0.15) is 18.1 Å². The third-order valence-corrected chi connectivity index (χ3v) is 6.32. The zero-order valence-electron chi connectivity index (χ0n) is 20.2. The molecule has 0 aliphatic rings. The lowest BCUT2D eigenvalue weighted by Gasteiger charge is -2.20. The van der Waals surface area contributed by atoms with E-state index in [1.165, 1.54) is 5.56 Å². The van der Waals surface area contributed by atoms with Crippen LogP contribution in [0.1, 0.15) is 50.3 Å². The van der Waals surface area contributed by atoms with E-state index in [1.807, 2.05) is 54.6 Å². The van der Waals surface area contributed by atoms with E-state index in [-0.39, 0.29) is 11.3 Å². The van der Waals surface area contributed by atoms with E-state index in [2.05, 4.69) is 75.3 Å². The first kappa shape index (κ1) is 27.0. The Bertz CT molecular complexity index is 1160. The minimum atomic E-state index is -0.172. The molecule has 35 heavy (non-hydrogen) atoms. The van der Waals surface area contributed by atoms with E-state index < -0.39 is 0 Å². The van der Waals surface area contributed by atoms with Crippen LogP contribution in [-0.2, 0) is 16.8 Å². The topological polar surface area (TPSA) is 59.9 Å². The molecule has 1 amide bonds. The van der Waals surface area contributed by atoms with Crippen molar-refractivity contribution in [3.8, 4) is 11.5 Å². The summed E-state index contributed by atoms with van der Waals surface area (Å²) >= 11 is 7.05. The molecular formula is C28H30Br2N2O3. The maximum Gasteiger partial charge on any atom is 0.240 e. The minimum absolute atomic E-state index is 0.0737. The van der Waals surface area contributed by atoms with E-state index in [1.54, 1.807) is 6.21 Å². The molecule has 1 N–H and O–H groups in total. The minimum Gasteiger partial charge on any atom is -0.492 e. The van der Waals surface area contributed by atoms with Crippen molar-refractivity contribution in [2.45, 2.75) is 45.6 Å². The van der Waals surface area contributed by atoms with Crippen LogP contribution in [0.4, 0.5) is 0 Å². The average Bonchev–Trinajstić information content (AvgIpc) is 2.82. The molecule has 5 nitrogen and oxygen atoms in total. The second-order valence-corrected chi connectivity index (χ2v) is 10.9. The molecular weight excluding hydrogens is 572 g/mol. The lowest BCUT2D eigenvalue weighted by molar-refractivity contribution is -0.121. The van der Waals surface area contributed by atoms with Gasteiger partial charge in [0.25, 0.3) is 0 Å². The summed E-state index contributed by atoms with van der Waals surface area (Å²) in [5.74, 6) is 1.29. The van der Waals surface area contributed by atoms with Crippen molar-refractivity contribution in [3.63, 3.8) is 0 Å². The lowest BCUT2D eigenvalue weighted by atomic mass is 9.87. The van der Waals surface area contributed by atoms with Crippen molar-refractivity contribution < 1.29 is 14.3 Å². The van der Waals surface area contributed by atoms with Gasteiger partial charge in [-0.05, 0) is 69.2 Å². The summed E-state index contributed by atoms with van der Waals surface area (Å²) in [6.07, 6.45) is 2.48. The summed E-state index contributed by atoms with van der Waals surface area (Å²) in [4.78, 5) is 12.2. The van der Waals surface area contributed by atoms with E-state index in [9.17, 15) is 4.79 Å². The number of benzene rings is 3. The fraction of sp³-hybridized carbons (Fsp3) is 0.286. The number of hydrazone groups is 1. The zero-order valence-corrected chi connectivity index (χ0v) is 23.4. The molecule has 3 aromatic carbocycles. The third-order valence-electron chi connectivity index (χ3n) is 5.21. The predicted molar refractivity (Wildman–Crippen MR) is 148 cm³/mol. The largest absolute Gasteiger partial charge is 0.492 e. The van der Waals surface area contributed by atoms with Crippen LogP contribution in [0.2, 0.25) is 0 Å². The highest BCUT2D eigenvalue weighted by Crippen LogP contribution is 2.31. The van der Waals surface area contributed by atoms with E-state index in [4.69, 9.17) is 9.47 Å². The summed E-state index contributed by atoms with van der Waals surface area (Å²) in [7, 11) is 0. The number of hydrogen-bond acceptors (Lipinski definition) is 4. The Morgan fingerprint density at radius 2 is 1.71 bits per heavy atom. The molecule has 0 aliphatic carbocycles. The van der Waals surface area contributed by atoms with Gasteiger partial charge in [-0.25, -0.2) is 5.43 Å². The van der Waals surface area contributed by atoms with Gasteiger partial charge in [0.15, 0.2) is 0 Å². The van der Waals surface area contributed by atoms with Crippen molar-refractivity contribution in [2.75, 3.05) is 6.61 Å². The Morgan fingerprint density at radius 3 is 2.43 bits per heavy atom. The quantitative estimate of drug-likeness (QED) is 0.150. The highest BCUT2D eigenvalue weighted by molar-refractivity contribution is 9.10. The number of hydrogen-bond donors (Lipinski definition) is 1. The summed E-state index contributed by atoms with van der Waals surface area (Å²) in [5, 5.41) is 4.11. The molecule has 0 atom stereocenters. The maximum absolute atomic E-state index is 12.2. The first-order valence-corrected chi connectivity index (χ1v) is 13.0. The Kier molecular flexibility index (Phi) is 9.93. The van der Waals surface area contributed by atoms with Gasteiger partial charge in [-0.15, -0.1) is 0 Å². The summed E-state index contributed by atoms with van der Waals surface area (Å²) in [5.41, 5.74) is 5.73. The Balaban J connectivity index is 1.45. The Morgan fingerprint density at radius 1 is 0.971 bits per heavy atom. The standard InChI is InChI=1S/C28H30Br2N2O3/c1-28(2,3)22-11-13-26(24(30)17-22)34-15-7-10-27(33)32-31-18-21-16-23(29)12-14-25(21)35-19-20-8-5-4-6-9-20/h4-6,8-9,11-14,16-18H,7,10,15,19H2,1-3H3,(H,32,33)/b31-18+. The number of ether oxygens (including phenoxy) is 2. The van der Waals surface area contributed by atoms with Crippen molar-refractivity contribution in [1.29, 1.82) is 0 Å². The van der Waals surface area contributed by atoms with Gasteiger partial charge >= 0.3 is 0 Å². The molecule has 3 rings (SSSR count). The molecule has 184 valence electrons. The SMILES string of the molecule is CC(C)(C)c1ccc(OCCCC(=O)N/N=C/c2cc(Br)ccc2OCc2ccccc2)c(Br)c1. The Labute approximate surface area is 224 Å². The average molecular weight is 602 g/mol. The molecule has 3 aromatic rings. The number of carbonyl (C=O) groups is 1. The number of nitrogens with one attached hydrogen (secondary N) is 1. The second kappa shape index (κ2) is 12.9. The van der Waals surface area contributed by atoms with Crippen molar-refractivity contribution in [2.24, 2.45) is 5.10 Å². The van der Waals surface area contributed by atoms with Gasteiger partial charge in [0.05, 0.1) is 17.3 Å². The van der Waals surface area contributed by atoms with E-state index in [0.717, 1.165) is 25.8 Å². The molecule has 0 saturated carbocycles. The highest BCUT2D eigenvalue weighted by atomic mass is 79.9. The van der Waals surface area contributed by atoms with Gasteiger partial charge < -0.3 is 9.47 Å². The fourth-order valence-electron chi connectivity index (χ4n) is 3.22. The van der Waals surface area contributed by atoms with Gasteiger partial charge in [-0.1, -0.05) is 73.1 Å². The Hall–Kier alpha value is -2.64. The summed E-state index contributed by atoms with van der Waals surface area (Å²) in [6.45, 7) is 7.40. The highest BCUT2D eigenvalue weighted by Gasteiger charge is 2.15. The number of amides is 1. The van der Waals surface area contributed by atoms with Crippen LogP contribution in [0.15, 0.2) is 80.8 Å². The van der Waals surface area contributed by atoms with Crippen LogP contribution in [0.25, 0.3) is 0 Å². The second-order valence-electron chi connectivity index (χ2n) is 9.10. The molecule has 0 spiro atoms. The third kappa shape index (κ3) is 8.82. The first-order chi connectivity index (χ1) is 16.7. The van der Waals surface area contributed by atoms with Gasteiger partial charge in [0, 0.05) is 16.5 Å². The van der Waals surface area contributed by atoms with Crippen LogP contribution in [-0.4, -0.2) is 18.7 Å². The molecule has 0 aliphatic heterocycles. The van der Waals surface area contributed by atoms with Crippen LogP contribution >= 0.6 is 31.9 Å². The number of halogens is 2. The van der Waals surface area contributed by atoms with Gasteiger partial charge in [-0.2, -0.15) is 5.10 Å². The first-order valence-electron chi connectivity index (χ1n) is 11.4. The normalized spacial score (nSPS) is 11.5. The zero-order chi connectivity index (χ0) is 25.3. The van der Waals surface area contributed by atoms with Crippen molar-refractivity contribution >= 4 is 44.0 Å². The number of nitrogens with zero attached hydrogens (tertiary/aromatic N) is 1. The molecule has 0 heterocycles. The fourth-order valence-corrected chi connectivity index (χ4v) is 4.09. The molecule has 0 radical (unpaired) electrons. The number of rotatable bonds is 10. The molecule has 0 aromatic heterocycles. The summed E-state index contributed by atoms with van der Waals surface area (Å²) in [6, 6.07) is 21.7. The van der Waals surface area contributed by atoms with E-state index in [0.29, 0.717) is 31.8 Å². The lowest BCUT2D eigenvalue weighted by Crippen LogP contribution is -2.18. The van der Waals surface area contributed by atoms with E-state index >= 15 is 0 Å².